The van der Waals surface area contributed by atoms with Crippen molar-refractivity contribution >= 4 is 10.0 Å². The molecule has 0 unspecified atom stereocenters. The molecule has 1 aromatic rings. The van der Waals surface area contributed by atoms with E-state index < -0.39 is 21.7 Å². The highest BCUT2D eigenvalue weighted by Crippen LogP contribution is 2.23. The summed E-state index contributed by atoms with van der Waals surface area (Å²) in [4.78, 5) is 2.05. The van der Waals surface area contributed by atoms with Crippen LogP contribution in [0.3, 0.4) is 0 Å². The van der Waals surface area contributed by atoms with Crippen LogP contribution < -0.4 is 0 Å². The lowest BCUT2D eigenvalue weighted by Gasteiger charge is -2.35. The highest BCUT2D eigenvalue weighted by Gasteiger charge is 2.30. The van der Waals surface area contributed by atoms with Crippen LogP contribution in [0.2, 0.25) is 0 Å². The Labute approximate surface area is 124 Å². The fourth-order valence-electron chi connectivity index (χ4n) is 2.60. The average molecular weight is 318 g/mol. The summed E-state index contributed by atoms with van der Waals surface area (Å²) in [6.07, 6.45) is 1.49. The first-order chi connectivity index (χ1) is 9.86. The molecule has 1 aliphatic rings. The van der Waals surface area contributed by atoms with Crippen molar-refractivity contribution in [1.82, 2.24) is 9.21 Å². The summed E-state index contributed by atoms with van der Waals surface area (Å²) in [6, 6.07) is 2.58. The molecule has 0 saturated carbocycles. The minimum Gasteiger partial charge on any atom is -0.303 e. The predicted molar refractivity (Wildman–Crippen MR) is 76.4 cm³/mol. The van der Waals surface area contributed by atoms with Gasteiger partial charge in [0.25, 0.3) is 0 Å². The standard InChI is InChI=1S/C14H20F2N2O2S/c1-3-18-8-6-11(7-9-18)17(2)21(19,20)12-4-5-13(15)14(16)10-12/h4-5,10-11H,3,6-9H2,1-2H3. The van der Waals surface area contributed by atoms with Gasteiger partial charge in [0.1, 0.15) is 0 Å². The first kappa shape index (κ1) is 16.3. The molecule has 2 rings (SSSR count). The quantitative estimate of drug-likeness (QED) is 0.853. The Bertz CT molecular complexity index is 599. The molecular formula is C14H20F2N2O2S. The Morgan fingerprint density at radius 1 is 1.24 bits per heavy atom. The van der Waals surface area contributed by atoms with Crippen LogP contribution in [0.25, 0.3) is 0 Å². The van der Waals surface area contributed by atoms with Gasteiger partial charge in [-0.25, -0.2) is 17.2 Å². The third kappa shape index (κ3) is 3.41. The van der Waals surface area contributed by atoms with Gasteiger partial charge in [0.15, 0.2) is 11.6 Å². The molecule has 1 heterocycles. The number of piperidine rings is 1. The Morgan fingerprint density at radius 3 is 2.38 bits per heavy atom. The van der Waals surface area contributed by atoms with Gasteiger partial charge in [-0.15, -0.1) is 0 Å². The molecule has 0 bridgehead atoms. The van der Waals surface area contributed by atoms with E-state index in [9.17, 15) is 17.2 Å². The van der Waals surface area contributed by atoms with E-state index in [4.69, 9.17) is 0 Å². The summed E-state index contributed by atoms with van der Waals surface area (Å²) in [5.41, 5.74) is 0. The van der Waals surface area contributed by atoms with E-state index in [0.717, 1.165) is 50.7 Å². The second-order valence-electron chi connectivity index (χ2n) is 5.26. The van der Waals surface area contributed by atoms with Crippen LogP contribution in [0.4, 0.5) is 8.78 Å². The predicted octanol–water partition coefficient (Wildman–Crippen LogP) is 2.07. The minimum absolute atomic E-state index is 0.106. The first-order valence-corrected chi connectivity index (χ1v) is 8.45. The van der Waals surface area contributed by atoms with Crippen LogP contribution in [0.1, 0.15) is 19.8 Å². The Hall–Kier alpha value is -1.05. The number of hydrogen-bond donors (Lipinski definition) is 0. The molecule has 21 heavy (non-hydrogen) atoms. The zero-order chi connectivity index (χ0) is 15.6. The number of hydrogen-bond acceptors (Lipinski definition) is 3. The maximum atomic E-state index is 13.2. The van der Waals surface area contributed by atoms with Gasteiger partial charge in [-0.2, -0.15) is 4.31 Å². The molecule has 0 aromatic heterocycles. The molecule has 0 aliphatic carbocycles. The number of sulfonamides is 1. The molecule has 1 aromatic carbocycles. The molecule has 1 fully saturated rings. The van der Waals surface area contributed by atoms with Gasteiger partial charge in [-0.3, -0.25) is 0 Å². The summed E-state index contributed by atoms with van der Waals surface area (Å²) >= 11 is 0. The Morgan fingerprint density at radius 2 is 1.86 bits per heavy atom. The second kappa shape index (κ2) is 6.37. The van der Waals surface area contributed by atoms with Crippen molar-refractivity contribution in [3.05, 3.63) is 29.8 Å². The van der Waals surface area contributed by atoms with Crippen LogP contribution in [0.5, 0.6) is 0 Å². The third-order valence-electron chi connectivity index (χ3n) is 4.09. The SMILES string of the molecule is CCN1CCC(N(C)S(=O)(=O)c2ccc(F)c(F)c2)CC1. The highest BCUT2D eigenvalue weighted by molar-refractivity contribution is 7.89. The molecule has 1 saturated heterocycles. The van der Waals surface area contributed by atoms with Crippen molar-refractivity contribution in [3.63, 3.8) is 0 Å². The first-order valence-electron chi connectivity index (χ1n) is 7.01. The second-order valence-corrected chi connectivity index (χ2v) is 7.26. The summed E-state index contributed by atoms with van der Waals surface area (Å²) in [5, 5.41) is 0. The van der Waals surface area contributed by atoms with Gasteiger partial charge in [0.2, 0.25) is 10.0 Å². The third-order valence-corrected chi connectivity index (χ3v) is 5.99. The van der Waals surface area contributed by atoms with E-state index in [1.165, 1.54) is 11.4 Å². The number of nitrogens with zero attached hydrogens (tertiary/aromatic N) is 2. The zero-order valence-electron chi connectivity index (χ0n) is 12.2. The van der Waals surface area contributed by atoms with Crippen molar-refractivity contribution in [1.29, 1.82) is 0 Å². The summed E-state index contributed by atoms with van der Waals surface area (Å²) in [6.45, 7) is 4.71. The molecule has 7 heteroatoms. The summed E-state index contributed by atoms with van der Waals surface area (Å²) in [5.74, 6) is -2.20. The average Bonchev–Trinajstić information content (AvgIpc) is 2.49. The largest absolute Gasteiger partial charge is 0.303 e. The molecule has 0 radical (unpaired) electrons. The van der Waals surface area contributed by atoms with Crippen molar-refractivity contribution in [3.8, 4) is 0 Å². The van der Waals surface area contributed by atoms with Gasteiger partial charge >= 0.3 is 0 Å². The van der Waals surface area contributed by atoms with Gasteiger partial charge in [-0.1, -0.05) is 6.92 Å². The van der Waals surface area contributed by atoms with Crippen molar-refractivity contribution in [2.24, 2.45) is 0 Å². The van der Waals surface area contributed by atoms with Crippen LogP contribution in [-0.4, -0.2) is 50.3 Å². The summed E-state index contributed by atoms with van der Waals surface area (Å²) < 4.78 is 52.4. The molecule has 0 atom stereocenters. The topological polar surface area (TPSA) is 40.6 Å². The molecule has 1 aliphatic heterocycles. The minimum atomic E-state index is -3.79. The number of halogens is 2. The molecule has 118 valence electrons. The van der Waals surface area contributed by atoms with Crippen LogP contribution in [0.15, 0.2) is 23.1 Å². The molecule has 4 nitrogen and oxygen atoms in total. The van der Waals surface area contributed by atoms with Crippen molar-refractivity contribution in [2.45, 2.75) is 30.7 Å². The van der Waals surface area contributed by atoms with E-state index in [0.29, 0.717) is 0 Å². The van der Waals surface area contributed by atoms with Gasteiger partial charge in [0.05, 0.1) is 4.90 Å². The van der Waals surface area contributed by atoms with Gasteiger partial charge < -0.3 is 4.90 Å². The van der Waals surface area contributed by atoms with E-state index in [2.05, 4.69) is 11.8 Å². The monoisotopic (exact) mass is 318 g/mol. The Kier molecular flexibility index (Phi) is 4.95. The van der Waals surface area contributed by atoms with E-state index in [1.54, 1.807) is 0 Å². The number of likely N-dealkylation sites (tertiary alicyclic amines) is 1. The van der Waals surface area contributed by atoms with E-state index >= 15 is 0 Å². The maximum absolute atomic E-state index is 13.2. The van der Waals surface area contributed by atoms with Crippen molar-refractivity contribution in [2.75, 3.05) is 26.7 Å². The normalized spacial score (nSPS) is 18.3. The lowest BCUT2D eigenvalue weighted by molar-refractivity contribution is 0.176. The molecule has 0 amide bonds. The van der Waals surface area contributed by atoms with Crippen LogP contribution in [-0.2, 0) is 10.0 Å². The fourth-order valence-corrected chi connectivity index (χ4v) is 4.03. The number of benzene rings is 1. The number of rotatable bonds is 4. The van der Waals surface area contributed by atoms with E-state index in [-0.39, 0.29) is 10.9 Å². The van der Waals surface area contributed by atoms with Crippen LogP contribution in [0, 0.1) is 11.6 Å². The van der Waals surface area contributed by atoms with Gasteiger partial charge in [-0.05, 0) is 50.7 Å². The smallest absolute Gasteiger partial charge is 0.243 e. The lowest BCUT2D eigenvalue weighted by atomic mass is 10.1. The molecule has 0 spiro atoms. The molecule has 0 N–H and O–H groups in total. The molecular weight excluding hydrogens is 298 g/mol. The van der Waals surface area contributed by atoms with Crippen LogP contribution >= 0.6 is 0 Å². The van der Waals surface area contributed by atoms with E-state index in [1.807, 2.05) is 0 Å². The fraction of sp³-hybridized carbons (Fsp3) is 0.571. The Balaban J connectivity index is 2.17. The maximum Gasteiger partial charge on any atom is 0.243 e. The zero-order valence-corrected chi connectivity index (χ0v) is 13.0. The highest BCUT2D eigenvalue weighted by atomic mass is 32.2. The van der Waals surface area contributed by atoms with Crippen molar-refractivity contribution < 1.29 is 17.2 Å². The van der Waals surface area contributed by atoms with Gasteiger partial charge in [0, 0.05) is 13.1 Å². The lowest BCUT2D eigenvalue weighted by Crippen LogP contribution is -2.45. The summed E-state index contributed by atoms with van der Waals surface area (Å²) in [7, 11) is -2.29.